The normalized spacial score (nSPS) is 14.2. The molecule has 0 fully saturated rings. The molecule has 32 nitrogen and oxygen atoms in total. The number of fused-ring (bicyclic) bond motifs is 2. The van der Waals surface area contributed by atoms with Crippen LogP contribution in [0.5, 0.6) is 0 Å². The van der Waals surface area contributed by atoms with Gasteiger partial charge in [0.15, 0.2) is 5.96 Å². The number of carboxylic acid groups (broad SMARTS) is 2. The van der Waals surface area contributed by atoms with E-state index in [4.69, 9.17) is 22.9 Å². The van der Waals surface area contributed by atoms with Crippen molar-refractivity contribution in [3.8, 4) is 0 Å². The maximum absolute atomic E-state index is 14.3. The predicted molar refractivity (Wildman–Crippen MR) is 330 cm³/mol. The number of amides is 10. The number of para-hydroxylation sites is 2. The molecular formula is C57H78N18O14S. The molecule has 0 saturated carbocycles. The molecule has 0 unspecified atom stereocenters. The Morgan fingerprint density at radius 1 is 0.633 bits per heavy atom. The third-order valence-electron chi connectivity index (χ3n) is 14.3. The summed E-state index contributed by atoms with van der Waals surface area (Å²) < 4.78 is 1.82. The number of hydrogen-bond acceptors (Lipinski definition) is 16. The average Bonchev–Trinajstić information content (AvgIpc) is 3.02. The number of primary amides is 1. The van der Waals surface area contributed by atoms with E-state index in [2.05, 4.69) is 80.4 Å². The number of benzene rings is 2. The van der Waals surface area contributed by atoms with E-state index < -0.39 is 151 Å². The summed E-state index contributed by atoms with van der Waals surface area (Å²) in [7, 11) is 1.79. The molecule has 9 atom stereocenters. The molecule has 486 valence electrons. The topological polar surface area (TPSA) is 519 Å². The summed E-state index contributed by atoms with van der Waals surface area (Å²) in [5.74, 6) is -13.3. The van der Waals surface area contributed by atoms with Crippen LogP contribution in [0.1, 0.15) is 69.7 Å². The molecule has 0 radical (unpaired) electrons. The van der Waals surface area contributed by atoms with Gasteiger partial charge in [0, 0.05) is 91.1 Å². The van der Waals surface area contributed by atoms with Crippen molar-refractivity contribution in [3.63, 3.8) is 0 Å². The first-order valence-corrected chi connectivity index (χ1v) is 29.2. The van der Waals surface area contributed by atoms with Crippen LogP contribution in [-0.2, 0) is 83.8 Å². The number of carbonyl (C=O) groups excluding carboxylic acids is 10. The van der Waals surface area contributed by atoms with Crippen LogP contribution in [0.2, 0.25) is 0 Å². The molecule has 0 aliphatic carbocycles. The van der Waals surface area contributed by atoms with Crippen LogP contribution in [0, 0.1) is 5.92 Å². The maximum atomic E-state index is 14.3. The molecule has 0 bridgehead atoms. The van der Waals surface area contributed by atoms with Crippen molar-refractivity contribution < 1.29 is 67.7 Å². The summed E-state index contributed by atoms with van der Waals surface area (Å²) in [5, 5.41) is 43.1. The minimum atomic E-state index is -1.96. The Morgan fingerprint density at radius 2 is 1.18 bits per heavy atom. The number of aromatic nitrogens is 4. The highest BCUT2D eigenvalue weighted by Crippen LogP contribution is 2.23. The Balaban J connectivity index is 1.33. The molecule has 3 heterocycles. The van der Waals surface area contributed by atoms with Crippen molar-refractivity contribution in [2.24, 2.45) is 40.9 Å². The standard InChI is InChI=1S/C57H78N18O14S/c1-28(2)47(59)55(87)73-39(19-31-25-75(4)43-14-8-6-11-34(31)43)52(84)69-37(15-16-44(58)76)51(83)72-41(21-46(78)79)54(86)71-38(18-30-22-64-35-12-7-5-10-33(30)35)49(81)65-24-45(77)67-29(3)48(80)70-40(20-32-23-62-27-66-32)53(85)68-36(13-9-17-63-57(60)61)50(82)74-42(26-90)56(88)89/h5-8,10-12,14,22-23,25,27-29,36-42,47,64,90H,9,13,15-21,24,26,59H2,1-4H3,(H2,58,76)(H,62,66)(H,65,81)(H,67,77)(H,68,85)(H,69,84)(H,70,80)(H,71,86)(H,72,83)(H,73,87)(H,74,82)(H,78,79)(H,88,89)(H4,60,61,63)/t29-,36-,37-,38-,39-,40-,41-,42-,47-/m0/s1. The summed E-state index contributed by atoms with van der Waals surface area (Å²) in [6.07, 6.45) is 3.44. The van der Waals surface area contributed by atoms with Gasteiger partial charge in [-0.2, -0.15) is 12.6 Å². The van der Waals surface area contributed by atoms with Crippen molar-refractivity contribution >= 4 is 111 Å². The van der Waals surface area contributed by atoms with Crippen molar-refractivity contribution in [1.29, 1.82) is 0 Å². The van der Waals surface area contributed by atoms with Gasteiger partial charge in [-0.1, -0.05) is 50.2 Å². The van der Waals surface area contributed by atoms with Gasteiger partial charge in [-0.05, 0) is 55.4 Å². The van der Waals surface area contributed by atoms with Crippen LogP contribution in [0.4, 0.5) is 0 Å². The number of aliphatic imine (C=N–C) groups is 1. The van der Waals surface area contributed by atoms with Crippen LogP contribution in [0.3, 0.4) is 0 Å². The van der Waals surface area contributed by atoms with Crippen molar-refractivity contribution in [2.45, 2.75) is 127 Å². The second-order valence-corrected chi connectivity index (χ2v) is 22.0. The molecule has 5 rings (SSSR count). The maximum Gasteiger partial charge on any atom is 0.327 e. The van der Waals surface area contributed by atoms with Gasteiger partial charge in [0.25, 0.3) is 0 Å². The number of rotatable bonds is 36. The number of imidazole rings is 1. The lowest BCUT2D eigenvalue weighted by molar-refractivity contribution is -0.142. The number of aromatic amines is 2. The molecular weight excluding hydrogens is 1190 g/mol. The number of carbonyl (C=O) groups is 12. The largest absolute Gasteiger partial charge is 0.481 e. The Morgan fingerprint density at radius 3 is 1.79 bits per heavy atom. The fourth-order valence-corrected chi connectivity index (χ4v) is 9.59. The Bertz CT molecular complexity index is 3420. The first-order chi connectivity index (χ1) is 42.6. The fraction of sp³-hybridized carbons (Fsp3) is 0.439. The zero-order valence-electron chi connectivity index (χ0n) is 49.9. The monoisotopic (exact) mass is 1270 g/mol. The Hall–Kier alpha value is -10.0. The lowest BCUT2D eigenvalue weighted by Gasteiger charge is -2.27. The lowest BCUT2D eigenvalue weighted by Crippen LogP contribution is -2.60. The predicted octanol–water partition coefficient (Wildman–Crippen LogP) is -3.78. The highest BCUT2D eigenvalue weighted by atomic mass is 32.1. The average molecular weight is 1270 g/mol. The van der Waals surface area contributed by atoms with Crippen LogP contribution in [0.25, 0.3) is 21.8 Å². The Labute approximate surface area is 521 Å². The summed E-state index contributed by atoms with van der Waals surface area (Å²) in [5.41, 5.74) is 25.4. The minimum absolute atomic E-state index is 0.0390. The zero-order chi connectivity index (χ0) is 66.4. The molecule has 5 aromatic rings. The van der Waals surface area contributed by atoms with Crippen LogP contribution < -0.4 is 70.8 Å². The van der Waals surface area contributed by atoms with E-state index in [1.54, 1.807) is 63.6 Å². The van der Waals surface area contributed by atoms with Crippen LogP contribution in [0.15, 0.2) is 78.4 Å². The van der Waals surface area contributed by atoms with Gasteiger partial charge in [-0.3, -0.25) is 57.7 Å². The van der Waals surface area contributed by atoms with E-state index in [-0.39, 0.29) is 56.3 Å². The summed E-state index contributed by atoms with van der Waals surface area (Å²) >= 11 is 3.98. The van der Waals surface area contributed by atoms with E-state index in [1.165, 1.54) is 19.4 Å². The van der Waals surface area contributed by atoms with E-state index in [9.17, 15) is 67.7 Å². The number of thiol groups is 1. The second kappa shape index (κ2) is 33.9. The van der Waals surface area contributed by atoms with Crippen molar-refractivity contribution in [3.05, 3.63) is 90.3 Å². The van der Waals surface area contributed by atoms with Gasteiger partial charge in [0.05, 0.1) is 25.3 Å². The number of aliphatic carboxylic acids is 2. The summed E-state index contributed by atoms with van der Waals surface area (Å²) in [6, 6.07) is 0.918. The van der Waals surface area contributed by atoms with E-state index in [0.717, 1.165) is 10.9 Å². The molecule has 0 aliphatic rings. The van der Waals surface area contributed by atoms with Crippen LogP contribution >= 0.6 is 12.6 Å². The summed E-state index contributed by atoms with van der Waals surface area (Å²) in [6.45, 7) is 3.89. The second-order valence-electron chi connectivity index (χ2n) is 21.6. The van der Waals surface area contributed by atoms with Gasteiger partial charge >= 0.3 is 11.9 Å². The number of aryl methyl sites for hydroxylation is 1. The third-order valence-corrected chi connectivity index (χ3v) is 14.7. The quantitative estimate of drug-likeness (QED) is 0.00792. The van der Waals surface area contributed by atoms with E-state index in [0.29, 0.717) is 27.7 Å². The number of guanidine groups is 1. The van der Waals surface area contributed by atoms with Crippen molar-refractivity contribution in [1.82, 2.24) is 67.4 Å². The SMILES string of the molecule is CC(C)[C@H](N)C(=O)N[C@@H](Cc1cn(C)c2ccccc12)C(=O)N[C@@H](CCC(N)=O)C(=O)N[C@@H](CC(=O)O)C(=O)N[C@@H](Cc1c[nH]c2ccccc12)C(=O)NCC(=O)N[C@@H](C)C(=O)N[C@@H](Cc1cnc[nH]1)C(=O)N[C@@H](CCCN=C(N)N)C(=O)N[C@@H](CS)C(=O)O. The molecule has 90 heavy (non-hydrogen) atoms. The van der Waals surface area contributed by atoms with Gasteiger partial charge in [-0.15, -0.1) is 0 Å². The van der Waals surface area contributed by atoms with Crippen LogP contribution in [-0.4, -0.2) is 180 Å². The first-order valence-electron chi connectivity index (χ1n) is 28.6. The Kier molecular flexibility index (Phi) is 26.6. The first kappa shape index (κ1) is 70.7. The number of nitrogens with zero attached hydrogens (tertiary/aromatic N) is 3. The minimum Gasteiger partial charge on any atom is -0.481 e. The van der Waals surface area contributed by atoms with E-state index in [1.807, 2.05) is 22.8 Å². The van der Waals surface area contributed by atoms with E-state index >= 15 is 0 Å². The summed E-state index contributed by atoms with van der Waals surface area (Å²) in [4.78, 5) is 175. The molecule has 2 aromatic carbocycles. The highest BCUT2D eigenvalue weighted by molar-refractivity contribution is 7.80. The molecule has 3 aromatic heterocycles. The van der Waals surface area contributed by atoms with Gasteiger partial charge in [-0.25, -0.2) is 9.78 Å². The van der Waals surface area contributed by atoms with Gasteiger partial charge < -0.3 is 95.5 Å². The molecule has 0 spiro atoms. The number of carboxylic acids is 2. The third kappa shape index (κ3) is 21.4. The molecule has 0 aliphatic heterocycles. The zero-order valence-corrected chi connectivity index (χ0v) is 50.8. The van der Waals surface area contributed by atoms with Gasteiger partial charge in [0.1, 0.15) is 48.3 Å². The molecule has 21 N–H and O–H groups in total. The number of nitrogens with two attached hydrogens (primary N) is 4. The number of nitrogens with one attached hydrogen (secondary N) is 11. The fourth-order valence-electron chi connectivity index (χ4n) is 9.35. The van der Waals surface area contributed by atoms with Crippen molar-refractivity contribution in [2.75, 3.05) is 18.8 Å². The molecule has 10 amide bonds. The van der Waals surface area contributed by atoms with Gasteiger partial charge in [0.2, 0.25) is 59.1 Å². The molecule has 0 saturated heterocycles. The molecule has 33 heteroatoms. The number of hydrogen-bond donors (Lipinski definition) is 18. The smallest absolute Gasteiger partial charge is 0.327 e. The highest BCUT2D eigenvalue weighted by Gasteiger charge is 2.36. The lowest BCUT2D eigenvalue weighted by atomic mass is 10.0. The number of H-pyrrole nitrogens is 2.